The second kappa shape index (κ2) is 9.56. The average molecular weight is 412 g/mol. The van der Waals surface area contributed by atoms with Crippen molar-refractivity contribution in [2.75, 3.05) is 12.4 Å². The third-order valence-electron chi connectivity index (χ3n) is 4.21. The highest BCUT2D eigenvalue weighted by Gasteiger charge is 2.21. The zero-order chi connectivity index (χ0) is 20.8. The quantitative estimate of drug-likeness (QED) is 0.562. The average Bonchev–Trinajstić information content (AvgIpc) is 3.10. The number of methoxy groups -OCH3 is 1. The molecule has 1 atom stereocenters. The Bertz CT molecular complexity index is 941. The Hall–Kier alpha value is -2.87. The highest BCUT2D eigenvalue weighted by atomic mass is 32.2. The van der Waals surface area contributed by atoms with Crippen LogP contribution < -0.4 is 10.1 Å². The first-order valence-electron chi connectivity index (χ1n) is 9.43. The lowest BCUT2D eigenvalue weighted by molar-refractivity contribution is -0.115. The number of amides is 1. The summed E-state index contributed by atoms with van der Waals surface area (Å²) in [6.07, 6.45) is 3.48. The number of ether oxygens (including phenoxy) is 1. The van der Waals surface area contributed by atoms with Crippen LogP contribution >= 0.6 is 11.8 Å². The number of hydrogen-bond acceptors (Lipinski definition) is 6. The molecule has 3 aromatic rings. The van der Waals surface area contributed by atoms with Crippen molar-refractivity contribution in [3.8, 4) is 17.1 Å². The minimum atomic E-state index is -0.336. The molecule has 152 valence electrons. The number of carbonyl (C=O) groups excluding carboxylic acids is 1. The van der Waals surface area contributed by atoms with E-state index in [1.54, 1.807) is 19.5 Å². The summed E-state index contributed by atoms with van der Waals surface area (Å²) in [7, 11) is 1.61. The first-order chi connectivity index (χ1) is 14.0. The smallest absolute Gasteiger partial charge is 0.237 e. The van der Waals surface area contributed by atoms with E-state index in [1.807, 2.05) is 43.3 Å². The van der Waals surface area contributed by atoms with Crippen molar-refractivity contribution in [3.63, 3.8) is 0 Å². The fraction of sp³-hybridized carbons (Fsp3) is 0.333. The molecule has 0 fully saturated rings. The standard InChI is InChI=1S/C21H25N5O2S/c1-14(2)13-26-19(16-9-11-22-12-10-16)24-25-21(26)29-15(3)20(27)23-17-5-7-18(28-4)8-6-17/h5-12,14-15H,13H2,1-4H3,(H,23,27)/t15-/m0/s1. The van der Waals surface area contributed by atoms with Crippen LogP contribution in [0, 0.1) is 5.92 Å². The predicted molar refractivity (Wildman–Crippen MR) is 115 cm³/mol. The number of aromatic nitrogens is 4. The van der Waals surface area contributed by atoms with Crippen LogP contribution in [-0.2, 0) is 11.3 Å². The number of nitrogens with zero attached hydrogens (tertiary/aromatic N) is 4. The van der Waals surface area contributed by atoms with Crippen LogP contribution in [0.1, 0.15) is 20.8 Å². The van der Waals surface area contributed by atoms with Gasteiger partial charge in [0.05, 0.1) is 12.4 Å². The Morgan fingerprint density at radius 2 is 1.79 bits per heavy atom. The Morgan fingerprint density at radius 3 is 2.41 bits per heavy atom. The van der Waals surface area contributed by atoms with Crippen LogP contribution in [0.15, 0.2) is 53.9 Å². The van der Waals surface area contributed by atoms with E-state index < -0.39 is 0 Å². The Kier molecular flexibility index (Phi) is 6.87. The summed E-state index contributed by atoms with van der Waals surface area (Å²) < 4.78 is 7.22. The minimum Gasteiger partial charge on any atom is -0.497 e. The maximum Gasteiger partial charge on any atom is 0.237 e. The molecular formula is C21H25N5O2S. The molecule has 29 heavy (non-hydrogen) atoms. The van der Waals surface area contributed by atoms with Crippen LogP contribution in [0.3, 0.4) is 0 Å². The summed E-state index contributed by atoms with van der Waals surface area (Å²) in [6, 6.07) is 11.1. The summed E-state index contributed by atoms with van der Waals surface area (Å²) in [5.74, 6) is 1.85. The molecule has 3 rings (SSSR count). The summed E-state index contributed by atoms with van der Waals surface area (Å²) in [6.45, 7) is 6.92. The van der Waals surface area contributed by atoms with Crippen LogP contribution in [0.2, 0.25) is 0 Å². The molecule has 0 spiro atoms. The molecule has 0 saturated heterocycles. The Morgan fingerprint density at radius 1 is 1.10 bits per heavy atom. The van der Waals surface area contributed by atoms with Crippen LogP contribution in [0.25, 0.3) is 11.4 Å². The predicted octanol–water partition coefficient (Wildman–Crippen LogP) is 4.12. The number of anilines is 1. The van der Waals surface area contributed by atoms with Gasteiger partial charge in [-0.25, -0.2) is 0 Å². The van der Waals surface area contributed by atoms with Gasteiger partial charge in [-0.1, -0.05) is 25.6 Å². The molecule has 1 amide bonds. The molecule has 0 saturated carbocycles. The third-order valence-corrected chi connectivity index (χ3v) is 5.29. The van der Waals surface area contributed by atoms with Crippen molar-refractivity contribution in [1.29, 1.82) is 0 Å². The van der Waals surface area contributed by atoms with E-state index in [9.17, 15) is 4.79 Å². The maximum absolute atomic E-state index is 12.7. The van der Waals surface area contributed by atoms with Gasteiger partial charge in [-0.05, 0) is 49.2 Å². The number of thioether (sulfide) groups is 1. The van der Waals surface area contributed by atoms with E-state index >= 15 is 0 Å². The summed E-state index contributed by atoms with van der Waals surface area (Å²) in [4.78, 5) is 16.7. The fourth-order valence-corrected chi connectivity index (χ4v) is 3.61. The van der Waals surface area contributed by atoms with E-state index in [-0.39, 0.29) is 11.2 Å². The van der Waals surface area contributed by atoms with Crippen LogP contribution in [-0.4, -0.2) is 38.0 Å². The number of pyridine rings is 1. The van der Waals surface area contributed by atoms with Crippen LogP contribution in [0.4, 0.5) is 5.69 Å². The highest BCUT2D eigenvalue weighted by Crippen LogP contribution is 2.28. The Labute approximate surface area is 174 Å². The van der Waals surface area contributed by atoms with Gasteiger partial charge in [0.15, 0.2) is 11.0 Å². The number of carbonyl (C=O) groups is 1. The summed E-state index contributed by atoms with van der Waals surface area (Å²) in [5.41, 5.74) is 1.68. The van der Waals surface area contributed by atoms with Gasteiger partial charge in [-0.3, -0.25) is 9.78 Å². The van der Waals surface area contributed by atoms with Gasteiger partial charge in [-0.15, -0.1) is 10.2 Å². The monoisotopic (exact) mass is 411 g/mol. The second-order valence-corrected chi connectivity index (χ2v) is 8.33. The molecule has 2 aromatic heterocycles. The lowest BCUT2D eigenvalue weighted by Gasteiger charge is -2.15. The zero-order valence-corrected chi connectivity index (χ0v) is 17.8. The summed E-state index contributed by atoms with van der Waals surface area (Å²) >= 11 is 1.40. The molecule has 1 N–H and O–H groups in total. The van der Waals surface area contributed by atoms with Gasteiger partial charge < -0.3 is 14.6 Å². The van der Waals surface area contributed by atoms with E-state index in [2.05, 4.69) is 38.9 Å². The molecule has 0 aliphatic rings. The topological polar surface area (TPSA) is 81.9 Å². The first-order valence-corrected chi connectivity index (χ1v) is 10.3. The molecule has 8 heteroatoms. The highest BCUT2D eigenvalue weighted by molar-refractivity contribution is 8.00. The molecule has 0 bridgehead atoms. The lowest BCUT2D eigenvalue weighted by atomic mass is 10.2. The van der Waals surface area contributed by atoms with Crippen molar-refractivity contribution in [1.82, 2.24) is 19.7 Å². The number of rotatable bonds is 8. The zero-order valence-electron chi connectivity index (χ0n) is 17.0. The fourth-order valence-electron chi connectivity index (χ4n) is 2.75. The number of benzene rings is 1. The molecule has 0 aliphatic heterocycles. The van der Waals surface area contributed by atoms with Crippen molar-refractivity contribution >= 4 is 23.4 Å². The molecule has 0 unspecified atom stereocenters. The van der Waals surface area contributed by atoms with E-state index in [0.29, 0.717) is 5.92 Å². The van der Waals surface area contributed by atoms with Crippen molar-refractivity contribution in [2.24, 2.45) is 5.92 Å². The second-order valence-electron chi connectivity index (χ2n) is 7.02. The van der Waals surface area contributed by atoms with E-state index in [4.69, 9.17) is 4.74 Å². The molecule has 2 heterocycles. The largest absolute Gasteiger partial charge is 0.497 e. The van der Waals surface area contributed by atoms with Gasteiger partial charge in [0, 0.05) is 30.2 Å². The third kappa shape index (κ3) is 5.35. The lowest BCUT2D eigenvalue weighted by Crippen LogP contribution is -2.23. The Balaban J connectivity index is 1.75. The van der Waals surface area contributed by atoms with Crippen molar-refractivity contribution in [3.05, 3.63) is 48.8 Å². The SMILES string of the molecule is COc1ccc(NC(=O)[C@H](C)Sc2nnc(-c3ccncc3)n2CC(C)C)cc1. The maximum atomic E-state index is 12.7. The molecule has 0 radical (unpaired) electrons. The van der Waals surface area contributed by atoms with E-state index in [1.165, 1.54) is 11.8 Å². The van der Waals surface area contributed by atoms with Crippen LogP contribution in [0.5, 0.6) is 5.75 Å². The summed E-state index contributed by atoms with van der Waals surface area (Å²) in [5, 5.41) is 12.1. The molecule has 1 aromatic carbocycles. The first kappa shape index (κ1) is 20.9. The van der Waals surface area contributed by atoms with Gasteiger partial charge >= 0.3 is 0 Å². The van der Waals surface area contributed by atoms with Gasteiger partial charge in [-0.2, -0.15) is 0 Å². The molecular weight excluding hydrogens is 386 g/mol. The van der Waals surface area contributed by atoms with E-state index in [0.717, 1.165) is 34.5 Å². The van der Waals surface area contributed by atoms with Gasteiger partial charge in [0.2, 0.25) is 5.91 Å². The molecule has 0 aliphatic carbocycles. The van der Waals surface area contributed by atoms with Crippen molar-refractivity contribution < 1.29 is 9.53 Å². The number of nitrogens with one attached hydrogen (secondary N) is 1. The minimum absolute atomic E-state index is 0.0928. The van der Waals surface area contributed by atoms with Gasteiger partial charge in [0.1, 0.15) is 5.75 Å². The molecule has 7 nitrogen and oxygen atoms in total. The number of hydrogen-bond donors (Lipinski definition) is 1. The van der Waals surface area contributed by atoms with Gasteiger partial charge in [0.25, 0.3) is 0 Å². The normalized spacial score (nSPS) is 12.0. The van der Waals surface area contributed by atoms with Crippen molar-refractivity contribution in [2.45, 2.75) is 37.7 Å².